The average molecular weight is 874 g/mol. The van der Waals surface area contributed by atoms with Crippen molar-refractivity contribution in [3.8, 4) is 11.5 Å². The maximum atomic E-state index is 13.7. The summed E-state index contributed by atoms with van der Waals surface area (Å²) in [6, 6.07) is 0.0755. The van der Waals surface area contributed by atoms with Gasteiger partial charge >= 0.3 is 11.9 Å². The molecule has 0 radical (unpaired) electrons. The number of pyridine rings is 1. The number of nitrogens with two attached hydrogens (primary N) is 1. The number of oxime groups is 1. The number of aromatic nitrogens is 2. The zero-order valence-electron chi connectivity index (χ0n) is 32.3. The third-order valence-electron chi connectivity index (χ3n) is 11.9. The minimum Gasteiger partial charge on any atom is -0.504 e. The second-order valence-corrected chi connectivity index (χ2v) is 18.7. The van der Waals surface area contributed by atoms with E-state index in [1.54, 1.807) is 7.05 Å². The van der Waals surface area contributed by atoms with E-state index in [0.29, 0.717) is 42.8 Å². The molecule has 314 valence electrons. The Labute approximate surface area is 349 Å². The van der Waals surface area contributed by atoms with Gasteiger partial charge in [0, 0.05) is 66.7 Å². The molecule has 2 aromatic heterocycles. The SMILES string of the molecule is C[C@@H]1S[C@@H]2[C@H](NC(=O)/C(=N\OC(C)(C)C(=O)O)c3csc(N)n3)C(=O)N2C(C(=O)O)=C1C[N+]12CCC(CNC(=O)c3cn(C)c4cc(O)c(O)c(Cl)c4c3=O)(CC1)CC2. The number of phenols is 2. The molecule has 5 aliphatic rings. The van der Waals surface area contributed by atoms with E-state index >= 15 is 0 Å². The first-order chi connectivity index (χ1) is 27.7. The Morgan fingerprint density at radius 1 is 1.15 bits per heavy atom. The molecule has 4 fully saturated rings. The van der Waals surface area contributed by atoms with Crippen molar-refractivity contribution in [1.82, 2.24) is 25.1 Å². The topological polar surface area (TPSA) is 276 Å². The molecule has 59 heavy (non-hydrogen) atoms. The Bertz CT molecular complexity index is 2440. The minimum atomic E-state index is -1.80. The average Bonchev–Trinajstić information content (AvgIpc) is 3.62. The summed E-state index contributed by atoms with van der Waals surface area (Å²) in [6.45, 7) is 7.13. The van der Waals surface area contributed by atoms with Crippen LogP contribution in [0.4, 0.5) is 5.13 Å². The maximum Gasteiger partial charge on any atom is 0.352 e. The Morgan fingerprint density at radius 2 is 1.81 bits per heavy atom. The number of nitrogens with zero attached hydrogens (tertiary/aromatic N) is 5. The van der Waals surface area contributed by atoms with Crippen molar-refractivity contribution in [2.45, 2.75) is 62.3 Å². The van der Waals surface area contributed by atoms with Gasteiger partial charge in [0.2, 0.25) is 11.0 Å². The lowest BCUT2D eigenvalue weighted by molar-refractivity contribution is -0.941. The number of halogens is 1. The van der Waals surface area contributed by atoms with Crippen molar-refractivity contribution < 1.29 is 53.7 Å². The molecule has 0 spiro atoms. The van der Waals surface area contributed by atoms with Crippen LogP contribution in [0.2, 0.25) is 5.02 Å². The first-order valence-electron chi connectivity index (χ1n) is 18.5. The number of piperidine rings is 3. The standard InChI is InChI=1S/C37H41ClN8O11S2/c1-16-18(26(33(53)54)45-31(52)25(32(45)59-16)42-30(51)24(19-14-58-35(39)41-19)43-57-36(2,3)34(55)56)13-46-8-5-37(6-9-46,7-10-46)15-40-29(50)17-12-44(4)20-11-21(47)28(49)23(38)22(20)27(17)48/h11-12,14,16,25,32H,5-10,13,15H2,1-4H3,(H7-,39,40,41,42,43,47,48,49,50,51,53,54,55,56)/p+1/t16-,25+,32+,37?,46?/m0/s1. The number of nitrogens with one attached hydrogen (secondary N) is 2. The molecule has 0 saturated carbocycles. The van der Waals surface area contributed by atoms with Crippen molar-refractivity contribution in [2.24, 2.45) is 17.6 Å². The number of amides is 3. The highest BCUT2D eigenvalue weighted by Crippen LogP contribution is 2.48. The van der Waals surface area contributed by atoms with Crippen molar-refractivity contribution in [2.75, 3.05) is 38.5 Å². The van der Waals surface area contributed by atoms with E-state index in [0.717, 1.165) is 30.6 Å². The number of aryl methyl sites for hydroxylation is 1. The van der Waals surface area contributed by atoms with Crippen molar-refractivity contribution in [1.29, 1.82) is 0 Å². The molecule has 8 N–H and O–H groups in total. The molecule has 1 aromatic carbocycles. The number of carbonyl (C=O) groups is 5. The van der Waals surface area contributed by atoms with Crippen LogP contribution in [0.5, 0.6) is 11.5 Å². The van der Waals surface area contributed by atoms with Gasteiger partial charge in [-0.05, 0) is 20.8 Å². The number of aromatic hydroxyl groups is 2. The van der Waals surface area contributed by atoms with Crippen LogP contribution in [0.25, 0.3) is 10.9 Å². The van der Waals surface area contributed by atoms with E-state index in [4.69, 9.17) is 22.2 Å². The summed E-state index contributed by atoms with van der Waals surface area (Å²) in [6.07, 6.45) is 3.53. The predicted molar refractivity (Wildman–Crippen MR) is 216 cm³/mol. The quantitative estimate of drug-likeness (QED) is 0.0450. The molecule has 3 atom stereocenters. The number of carboxylic acid groups (broad SMARTS) is 2. The molecule has 8 rings (SSSR count). The monoisotopic (exact) mass is 873 g/mol. The van der Waals surface area contributed by atoms with Gasteiger partial charge in [0.05, 0.1) is 35.6 Å². The van der Waals surface area contributed by atoms with Crippen molar-refractivity contribution >= 4 is 86.1 Å². The molecule has 0 aliphatic carbocycles. The number of carbonyl (C=O) groups excluding carboxylic acids is 3. The number of thioether (sulfide) groups is 1. The van der Waals surface area contributed by atoms with Gasteiger partial charge < -0.3 is 50.7 Å². The van der Waals surface area contributed by atoms with Gasteiger partial charge in [0.15, 0.2) is 22.3 Å². The lowest BCUT2D eigenvalue weighted by atomic mass is 9.70. The highest BCUT2D eigenvalue weighted by atomic mass is 35.5. The number of carboxylic acids is 2. The van der Waals surface area contributed by atoms with Crippen LogP contribution in [0.3, 0.4) is 0 Å². The zero-order valence-corrected chi connectivity index (χ0v) is 34.7. The number of hydrogen-bond acceptors (Lipinski definition) is 14. The van der Waals surface area contributed by atoms with Crippen LogP contribution in [0.1, 0.15) is 56.1 Å². The molecular formula is C37H42ClN8O11S2+. The molecular weight excluding hydrogens is 832 g/mol. The summed E-state index contributed by atoms with van der Waals surface area (Å²) in [5.74, 6) is -5.87. The molecule has 2 bridgehead atoms. The minimum absolute atomic E-state index is 0.00167. The van der Waals surface area contributed by atoms with Crippen LogP contribution in [0, 0.1) is 5.41 Å². The number of anilines is 1. The fourth-order valence-corrected chi connectivity index (χ4v) is 10.4. The fourth-order valence-electron chi connectivity index (χ4n) is 8.15. The summed E-state index contributed by atoms with van der Waals surface area (Å²) >= 11 is 8.56. The number of aliphatic carboxylic acids is 2. The van der Waals surface area contributed by atoms with E-state index in [1.807, 2.05) is 6.92 Å². The van der Waals surface area contributed by atoms with Gasteiger partial charge in [-0.3, -0.25) is 24.1 Å². The first-order valence-corrected chi connectivity index (χ1v) is 20.7. The summed E-state index contributed by atoms with van der Waals surface area (Å²) in [5.41, 5.74) is 3.19. The molecule has 4 saturated heterocycles. The highest BCUT2D eigenvalue weighted by Gasteiger charge is 2.58. The maximum absolute atomic E-state index is 13.7. The number of quaternary nitrogens is 1. The zero-order chi connectivity index (χ0) is 42.9. The number of phenolic OH excluding ortho intramolecular Hbond substituents is 2. The molecule has 3 aromatic rings. The number of fused-ring (bicyclic) bond motifs is 5. The number of hydrogen-bond donors (Lipinski definition) is 7. The van der Waals surface area contributed by atoms with E-state index in [-0.39, 0.29) is 48.7 Å². The third-order valence-corrected chi connectivity index (χ3v) is 14.4. The number of thiazole rings is 1. The second-order valence-electron chi connectivity index (χ2n) is 16.0. The molecule has 7 heterocycles. The van der Waals surface area contributed by atoms with Gasteiger partial charge in [-0.1, -0.05) is 16.8 Å². The summed E-state index contributed by atoms with van der Waals surface area (Å²) in [4.78, 5) is 88.9. The highest BCUT2D eigenvalue weighted by molar-refractivity contribution is 8.00. The predicted octanol–water partition coefficient (Wildman–Crippen LogP) is 1.78. The Kier molecular flexibility index (Phi) is 10.6. The van der Waals surface area contributed by atoms with E-state index in [2.05, 4.69) is 20.8 Å². The molecule has 19 nitrogen and oxygen atoms in total. The first kappa shape index (κ1) is 41.8. The van der Waals surface area contributed by atoms with Crippen LogP contribution in [0.15, 0.2) is 38.9 Å². The van der Waals surface area contributed by atoms with Crippen molar-refractivity contribution in [3.63, 3.8) is 0 Å². The van der Waals surface area contributed by atoms with Crippen LogP contribution >= 0.6 is 34.7 Å². The Morgan fingerprint density at radius 3 is 2.41 bits per heavy atom. The smallest absolute Gasteiger partial charge is 0.352 e. The number of nitrogen functional groups attached to an aromatic ring is 1. The Balaban J connectivity index is 1.03. The lowest BCUT2D eigenvalue weighted by Gasteiger charge is -2.56. The van der Waals surface area contributed by atoms with Crippen LogP contribution in [-0.2, 0) is 31.1 Å². The number of β-lactam (4-membered cyclic amide) rings is 1. The summed E-state index contributed by atoms with van der Waals surface area (Å²) in [7, 11) is 1.59. The largest absolute Gasteiger partial charge is 0.504 e. The number of benzene rings is 1. The number of rotatable bonds is 12. The normalized spacial score (nSPS) is 25.4. The second kappa shape index (κ2) is 15.0. The molecule has 22 heteroatoms. The van der Waals surface area contributed by atoms with Crippen molar-refractivity contribution in [3.05, 3.63) is 55.4 Å². The van der Waals surface area contributed by atoms with E-state index in [9.17, 15) is 49.2 Å². The van der Waals surface area contributed by atoms with Crippen LogP contribution in [-0.4, -0.2) is 130 Å². The van der Waals surface area contributed by atoms with Gasteiger partial charge in [-0.15, -0.1) is 23.1 Å². The lowest BCUT2D eigenvalue weighted by Crippen LogP contribution is -2.72. The Hall–Kier alpha value is -5.38. The van der Waals surface area contributed by atoms with E-state index < -0.39 is 69.3 Å². The third kappa shape index (κ3) is 7.33. The van der Waals surface area contributed by atoms with Gasteiger partial charge in [-0.25, -0.2) is 14.6 Å². The van der Waals surface area contributed by atoms with Crippen LogP contribution < -0.4 is 21.8 Å². The molecule has 0 unspecified atom stereocenters. The molecule has 3 amide bonds. The van der Waals surface area contributed by atoms with Gasteiger partial charge in [0.25, 0.3) is 17.7 Å². The van der Waals surface area contributed by atoms with Gasteiger partial charge in [0.1, 0.15) is 34.9 Å². The summed E-state index contributed by atoms with van der Waals surface area (Å²) < 4.78 is 2.08. The van der Waals surface area contributed by atoms with Gasteiger partial charge in [-0.2, -0.15) is 0 Å². The molecule has 5 aliphatic heterocycles. The van der Waals surface area contributed by atoms with E-state index in [1.165, 1.54) is 52.7 Å². The summed E-state index contributed by atoms with van der Waals surface area (Å²) in [5, 5.41) is 49.4. The fraction of sp³-hybridized carbons (Fsp3) is 0.459.